The number of pyridine rings is 1. The number of halogens is 2. The number of alkyl halides is 2. The molecule has 0 amide bonds. The summed E-state index contributed by atoms with van der Waals surface area (Å²) < 4.78 is 24.2. The zero-order valence-corrected chi connectivity index (χ0v) is 6.85. The van der Waals surface area contributed by atoms with Crippen LogP contribution >= 0.6 is 0 Å². The van der Waals surface area contributed by atoms with Gasteiger partial charge in [0.25, 0.3) is 12.1 Å². The maximum atomic E-state index is 12.1. The van der Waals surface area contributed by atoms with Gasteiger partial charge in [0.15, 0.2) is 0 Å². The van der Waals surface area contributed by atoms with Crippen molar-refractivity contribution in [3.8, 4) is 0 Å². The van der Waals surface area contributed by atoms with Gasteiger partial charge in [0, 0.05) is 6.07 Å². The molecule has 0 aliphatic rings. The summed E-state index contributed by atoms with van der Waals surface area (Å²) in [6.07, 6.45) is -2.80. The van der Waals surface area contributed by atoms with Crippen molar-refractivity contribution < 1.29 is 18.8 Å². The van der Waals surface area contributed by atoms with E-state index in [1.54, 1.807) is 0 Å². The number of rotatable bonds is 3. The number of hydrogen-bond donors (Lipinski definition) is 1. The summed E-state index contributed by atoms with van der Waals surface area (Å²) in [5.74, 6) is 0. The Kier molecular flexibility index (Phi) is 3.03. The second kappa shape index (κ2) is 4.05. The van der Waals surface area contributed by atoms with Crippen LogP contribution in [0, 0.1) is 10.1 Å². The van der Waals surface area contributed by atoms with Crippen LogP contribution in [-0.2, 0) is 6.61 Å². The number of nitrogens with zero attached hydrogens (tertiary/aromatic N) is 2. The van der Waals surface area contributed by atoms with E-state index in [9.17, 15) is 18.9 Å². The van der Waals surface area contributed by atoms with E-state index < -0.39 is 29.3 Å². The second-order valence-electron chi connectivity index (χ2n) is 2.42. The molecule has 0 saturated heterocycles. The van der Waals surface area contributed by atoms with Crippen LogP contribution in [0.5, 0.6) is 0 Å². The minimum atomic E-state index is -2.80. The van der Waals surface area contributed by atoms with Crippen LogP contribution < -0.4 is 0 Å². The van der Waals surface area contributed by atoms with E-state index in [1.807, 2.05) is 0 Å². The average molecular weight is 204 g/mol. The first-order valence-electron chi connectivity index (χ1n) is 3.59. The van der Waals surface area contributed by atoms with Crippen LogP contribution in [0.4, 0.5) is 14.5 Å². The van der Waals surface area contributed by atoms with Gasteiger partial charge in [-0.15, -0.1) is 0 Å². The average Bonchev–Trinajstić information content (AvgIpc) is 2.16. The fourth-order valence-corrected chi connectivity index (χ4v) is 0.915. The zero-order valence-electron chi connectivity index (χ0n) is 6.85. The summed E-state index contributed by atoms with van der Waals surface area (Å²) in [7, 11) is 0. The van der Waals surface area contributed by atoms with Gasteiger partial charge >= 0.3 is 0 Å². The van der Waals surface area contributed by atoms with Crippen molar-refractivity contribution in [2.45, 2.75) is 13.0 Å². The maximum Gasteiger partial charge on any atom is 0.293 e. The molecular weight excluding hydrogens is 198 g/mol. The monoisotopic (exact) mass is 204 g/mol. The van der Waals surface area contributed by atoms with Crippen LogP contribution in [0.15, 0.2) is 12.1 Å². The van der Waals surface area contributed by atoms with E-state index in [4.69, 9.17) is 5.11 Å². The molecule has 0 fully saturated rings. The number of nitro groups is 1. The Labute approximate surface area is 77.2 Å². The van der Waals surface area contributed by atoms with Gasteiger partial charge in [0.05, 0.1) is 11.5 Å². The predicted molar refractivity (Wildman–Crippen MR) is 41.8 cm³/mol. The normalized spacial score (nSPS) is 10.6. The minimum Gasteiger partial charge on any atom is -0.390 e. The van der Waals surface area contributed by atoms with Crippen LogP contribution in [0.3, 0.4) is 0 Å². The summed E-state index contributed by atoms with van der Waals surface area (Å²) >= 11 is 0. The van der Waals surface area contributed by atoms with Crippen molar-refractivity contribution in [1.29, 1.82) is 0 Å². The zero-order chi connectivity index (χ0) is 10.7. The molecule has 0 saturated carbocycles. The molecule has 7 heteroatoms. The SMILES string of the molecule is O=[N+]([O-])c1ccc(C(F)F)nc1CO. The van der Waals surface area contributed by atoms with Crippen molar-refractivity contribution in [1.82, 2.24) is 4.98 Å². The van der Waals surface area contributed by atoms with Gasteiger partial charge in [-0.05, 0) is 6.07 Å². The molecular formula is C7H6F2N2O3. The molecule has 0 aliphatic heterocycles. The molecule has 0 spiro atoms. The molecule has 0 unspecified atom stereocenters. The summed E-state index contributed by atoms with van der Waals surface area (Å²) in [5.41, 5.74) is -1.40. The molecule has 1 aromatic heterocycles. The fraction of sp³-hybridized carbons (Fsp3) is 0.286. The topological polar surface area (TPSA) is 76.3 Å². The summed E-state index contributed by atoms with van der Waals surface area (Å²) in [4.78, 5) is 12.8. The molecule has 0 radical (unpaired) electrons. The maximum absolute atomic E-state index is 12.1. The molecule has 0 aromatic carbocycles. The summed E-state index contributed by atoms with van der Waals surface area (Å²) in [6.45, 7) is -0.739. The van der Waals surface area contributed by atoms with Crippen LogP contribution in [0.25, 0.3) is 0 Å². The summed E-state index contributed by atoms with van der Waals surface area (Å²) in [6, 6.07) is 1.77. The van der Waals surface area contributed by atoms with E-state index in [0.717, 1.165) is 12.1 Å². The standard InChI is InChI=1S/C7H6F2N2O3/c8-7(9)4-1-2-6(11(13)14)5(3-12)10-4/h1-2,7,12H,3H2. The molecule has 14 heavy (non-hydrogen) atoms. The quantitative estimate of drug-likeness (QED) is 0.596. The highest BCUT2D eigenvalue weighted by atomic mass is 19.3. The fourth-order valence-electron chi connectivity index (χ4n) is 0.915. The third-order valence-corrected chi connectivity index (χ3v) is 1.54. The Bertz CT molecular complexity index is 357. The van der Waals surface area contributed by atoms with Gasteiger partial charge in [0.1, 0.15) is 11.4 Å². The second-order valence-corrected chi connectivity index (χ2v) is 2.42. The highest BCUT2D eigenvalue weighted by molar-refractivity contribution is 5.36. The van der Waals surface area contributed by atoms with Crippen LogP contribution in [-0.4, -0.2) is 15.0 Å². The molecule has 1 rings (SSSR count). The molecule has 5 nitrogen and oxygen atoms in total. The van der Waals surface area contributed by atoms with Crippen molar-refractivity contribution in [3.05, 3.63) is 33.6 Å². The van der Waals surface area contributed by atoms with Gasteiger partial charge in [-0.25, -0.2) is 13.8 Å². The molecule has 0 atom stereocenters. The Morgan fingerprint density at radius 1 is 1.57 bits per heavy atom. The molecule has 1 aromatic rings. The summed E-state index contributed by atoms with van der Waals surface area (Å²) in [5, 5.41) is 19.0. The molecule has 1 N–H and O–H groups in total. The lowest BCUT2D eigenvalue weighted by Crippen LogP contribution is -2.01. The third-order valence-electron chi connectivity index (χ3n) is 1.54. The third kappa shape index (κ3) is 1.99. The lowest BCUT2D eigenvalue weighted by Gasteiger charge is -2.01. The Morgan fingerprint density at radius 3 is 2.64 bits per heavy atom. The van der Waals surface area contributed by atoms with Gasteiger partial charge < -0.3 is 5.11 Å². The van der Waals surface area contributed by atoms with Crippen molar-refractivity contribution >= 4 is 5.69 Å². The van der Waals surface area contributed by atoms with Gasteiger partial charge in [0.2, 0.25) is 0 Å². The number of aromatic nitrogens is 1. The molecule has 1 heterocycles. The lowest BCUT2D eigenvalue weighted by atomic mass is 10.2. The first kappa shape index (κ1) is 10.5. The van der Waals surface area contributed by atoms with Gasteiger partial charge in [-0.2, -0.15) is 0 Å². The highest BCUT2D eigenvalue weighted by Gasteiger charge is 2.18. The highest BCUT2D eigenvalue weighted by Crippen LogP contribution is 2.22. The van der Waals surface area contributed by atoms with Crippen molar-refractivity contribution in [2.24, 2.45) is 0 Å². The van der Waals surface area contributed by atoms with Crippen LogP contribution in [0.1, 0.15) is 17.8 Å². The van der Waals surface area contributed by atoms with E-state index in [2.05, 4.69) is 4.98 Å². The van der Waals surface area contributed by atoms with E-state index in [1.165, 1.54) is 0 Å². The van der Waals surface area contributed by atoms with E-state index in [0.29, 0.717) is 0 Å². The Morgan fingerprint density at radius 2 is 2.21 bits per heavy atom. The van der Waals surface area contributed by atoms with E-state index >= 15 is 0 Å². The van der Waals surface area contributed by atoms with Crippen molar-refractivity contribution in [3.63, 3.8) is 0 Å². The minimum absolute atomic E-state index is 0.354. The van der Waals surface area contributed by atoms with Crippen LogP contribution in [0.2, 0.25) is 0 Å². The van der Waals surface area contributed by atoms with E-state index in [-0.39, 0.29) is 5.69 Å². The lowest BCUT2D eigenvalue weighted by molar-refractivity contribution is -0.386. The largest absolute Gasteiger partial charge is 0.390 e. The number of aliphatic hydroxyl groups is 1. The first-order chi connectivity index (χ1) is 6.56. The number of hydrogen-bond acceptors (Lipinski definition) is 4. The van der Waals surface area contributed by atoms with Gasteiger partial charge in [-0.3, -0.25) is 10.1 Å². The molecule has 76 valence electrons. The molecule has 0 bridgehead atoms. The first-order valence-corrected chi connectivity index (χ1v) is 3.59. The van der Waals surface area contributed by atoms with Crippen molar-refractivity contribution in [2.75, 3.05) is 0 Å². The van der Waals surface area contributed by atoms with Gasteiger partial charge in [-0.1, -0.05) is 0 Å². The Balaban J connectivity index is 3.18. The predicted octanol–water partition coefficient (Wildman–Crippen LogP) is 1.42. The number of aliphatic hydroxyl groups excluding tert-OH is 1. The Hall–Kier alpha value is -1.63. The molecule has 0 aliphatic carbocycles. The smallest absolute Gasteiger partial charge is 0.293 e.